The largest absolute Gasteiger partial charge is 0.379 e. The van der Waals surface area contributed by atoms with Gasteiger partial charge in [-0.1, -0.05) is 0 Å². The predicted molar refractivity (Wildman–Crippen MR) is 97.0 cm³/mol. The fourth-order valence-corrected chi connectivity index (χ4v) is 3.72. The van der Waals surface area contributed by atoms with Crippen LogP contribution in [-0.4, -0.2) is 72.3 Å². The zero-order valence-corrected chi connectivity index (χ0v) is 15.2. The van der Waals surface area contributed by atoms with Crippen molar-refractivity contribution in [3.05, 3.63) is 30.1 Å². The molecular formula is C19H32N4O. The summed E-state index contributed by atoms with van der Waals surface area (Å²) in [5.74, 6) is 0. The monoisotopic (exact) mass is 332 g/mol. The third-order valence-corrected chi connectivity index (χ3v) is 5.43. The molecule has 3 heterocycles. The van der Waals surface area contributed by atoms with E-state index in [2.05, 4.69) is 46.1 Å². The van der Waals surface area contributed by atoms with E-state index >= 15 is 0 Å². The summed E-state index contributed by atoms with van der Waals surface area (Å²) in [6.07, 6.45) is 6.25. The first kappa shape index (κ1) is 17.8. The summed E-state index contributed by atoms with van der Waals surface area (Å²) in [7, 11) is 0. The van der Waals surface area contributed by atoms with Gasteiger partial charge in [-0.15, -0.1) is 0 Å². The minimum atomic E-state index is 0.206. The molecule has 1 N–H and O–H groups in total. The van der Waals surface area contributed by atoms with Crippen molar-refractivity contribution in [2.45, 2.75) is 44.8 Å². The highest BCUT2D eigenvalue weighted by Crippen LogP contribution is 2.18. The molecule has 0 radical (unpaired) electrons. The average molecular weight is 332 g/mol. The second kappa shape index (κ2) is 8.39. The third-order valence-electron chi connectivity index (χ3n) is 5.43. The minimum absolute atomic E-state index is 0.206. The van der Waals surface area contributed by atoms with E-state index in [-0.39, 0.29) is 5.54 Å². The topological polar surface area (TPSA) is 40.6 Å². The van der Waals surface area contributed by atoms with Crippen LogP contribution >= 0.6 is 0 Å². The second-order valence-electron chi connectivity index (χ2n) is 7.70. The number of piperidine rings is 1. The number of aromatic nitrogens is 1. The van der Waals surface area contributed by atoms with Crippen molar-refractivity contribution in [1.29, 1.82) is 0 Å². The van der Waals surface area contributed by atoms with Gasteiger partial charge in [-0.3, -0.25) is 14.8 Å². The van der Waals surface area contributed by atoms with Crippen molar-refractivity contribution in [2.75, 3.05) is 45.9 Å². The SMILES string of the molecule is CC(C)(CNC1CCN(Cc2ccncc2)CC1)N1CCOCC1. The third kappa shape index (κ3) is 4.99. The first-order chi connectivity index (χ1) is 11.6. The van der Waals surface area contributed by atoms with E-state index < -0.39 is 0 Å². The molecule has 0 atom stereocenters. The molecule has 1 aromatic rings. The fourth-order valence-electron chi connectivity index (χ4n) is 3.72. The molecule has 0 amide bonds. The van der Waals surface area contributed by atoms with Crippen molar-refractivity contribution in [1.82, 2.24) is 20.1 Å². The van der Waals surface area contributed by atoms with Gasteiger partial charge in [-0.05, 0) is 57.5 Å². The first-order valence-electron chi connectivity index (χ1n) is 9.31. The van der Waals surface area contributed by atoms with Crippen LogP contribution in [0.15, 0.2) is 24.5 Å². The predicted octanol–water partition coefficient (Wildman–Crippen LogP) is 1.75. The lowest BCUT2D eigenvalue weighted by Gasteiger charge is -2.42. The number of morpholine rings is 1. The Morgan fingerprint density at radius 2 is 1.79 bits per heavy atom. The van der Waals surface area contributed by atoms with Crippen molar-refractivity contribution in [3.63, 3.8) is 0 Å². The lowest BCUT2D eigenvalue weighted by atomic mass is 9.99. The number of nitrogens with zero attached hydrogens (tertiary/aromatic N) is 3. The van der Waals surface area contributed by atoms with Crippen molar-refractivity contribution in [2.24, 2.45) is 0 Å². The quantitative estimate of drug-likeness (QED) is 0.859. The molecule has 2 fully saturated rings. The van der Waals surface area contributed by atoms with Crippen LogP contribution in [0.25, 0.3) is 0 Å². The Hall–Kier alpha value is -1.01. The van der Waals surface area contributed by atoms with Crippen molar-refractivity contribution < 1.29 is 4.74 Å². The van der Waals surface area contributed by atoms with Crippen molar-refractivity contribution in [3.8, 4) is 0 Å². The lowest BCUT2D eigenvalue weighted by molar-refractivity contribution is -0.0110. The van der Waals surface area contributed by atoms with Crippen molar-refractivity contribution >= 4 is 0 Å². The number of hydrogen-bond acceptors (Lipinski definition) is 5. The van der Waals surface area contributed by atoms with Crippen LogP contribution < -0.4 is 5.32 Å². The van der Waals surface area contributed by atoms with Gasteiger partial charge in [-0.2, -0.15) is 0 Å². The summed E-state index contributed by atoms with van der Waals surface area (Å²) in [6, 6.07) is 4.89. The van der Waals surface area contributed by atoms with Gasteiger partial charge in [0, 0.05) is 50.2 Å². The molecule has 2 saturated heterocycles. The molecule has 2 aliphatic rings. The van der Waals surface area contributed by atoms with E-state index in [0.29, 0.717) is 6.04 Å². The molecule has 5 heteroatoms. The Balaban J connectivity index is 1.39. The number of pyridine rings is 1. The van der Waals surface area contributed by atoms with Crippen LogP contribution in [0.1, 0.15) is 32.3 Å². The summed E-state index contributed by atoms with van der Waals surface area (Å²) in [6.45, 7) is 13.0. The number of nitrogens with one attached hydrogen (secondary N) is 1. The summed E-state index contributed by atoms with van der Waals surface area (Å²) in [5.41, 5.74) is 1.57. The molecule has 24 heavy (non-hydrogen) atoms. The van der Waals surface area contributed by atoms with Crippen LogP contribution in [0.3, 0.4) is 0 Å². The van der Waals surface area contributed by atoms with Crippen LogP contribution in [0.5, 0.6) is 0 Å². The molecule has 0 saturated carbocycles. The maximum Gasteiger partial charge on any atom is 0.0594 e. The van der Waals surface area contributed by atoms with E-state index in [0.717, 1.165) is 39.4 Å². The van der Waals surface area contributed by atoms with Gasteiger partial charge < -0.3 is 10.1 Å². The maximum atomic E-state index is 5.48. The number of rotatable bonds is 6. The fraction of sp³-hybridized carbons (Fsp3) is 0.737. The highest BCUT2D eigenvalue weighted by Gasteiger charge is 2.29. The van der Waals surface area contributed by atoms with Gasteiger partial charge in [0.25, 0.3) is 0 Å². The second-order valence-corrected chi connectivity index (χ2v) is 7.70. The molecule has 3 rings (SSSR count). The van der Waals surface area contributed by atoms with Gasteiger partial charge in [0.2, 0.25) is 0 Å². The van der Waals surface area contributed by atoms with Crippen LogP contribution in [0.2, 0.25) is 0 Å². The van der Waals surface area contributed by atoms with Gasteiger partial charge in [0.1, 0.15) is 0 Å². The summed E-state index contributed by atoms with van der Waals surface area (Å²) < 4.78 is 5.48. The highest BCUT2D eigenvalue weighted by molar-refractivity contribution is 5.09. The molecule has 0 aliphatic carbocycles. The van der Waals surface area contributed by atoms with Crippen LogP contribution in [0.4, 0.5) is 0 Å². The molecular weight excluding hydrogens is 300 g/mol. The Morgan fingerprint density at radius 1 is 1.12 bits per heavy atom. The van der Waals surface area contributed by atoms with Crippen LogP contribution in [-0.2, 0) is 11.3 Å². The molecule has 0 unspecified atom stereocenters. The van der Waals surface area contributed by atoms with E-state index in [9.17, 15) is 0 Å². The minimum Gasteiger partial charge on any atom is -0.379 e. The summed E-state index contributed by atoms with van der Waals surface area (Å²) >= 11 is 0. The lowest BCUT2D eigenvalue weighted by Crippen LogP contribution is -2.56. The average Bonchev–Trinajstić information content (AvgIpc) is 2.63. The highest BCUT2D eigenvalue weighted by atomic mass is 16.5. The molecule has 134 valence electrons. The van der Waals surface area contributed by atoms with Gasteiger partial charge in [0.05, 0.1) is 13.2 Å². The maximum absolute atomic E-state index is 5.48. The molecule has 1 aromatic heterocycles. The first-order valence-corrected chi connectivity index (χ1v) is 9.31. The molecule has 5 nitrogen and oxygen atoms in total. The molecule has 0 spiro atoms. The summed E-state index contributed by atoms with van der Waals surface area (Å²) in [4.78, 5) is 9.21. The zero-order valence-electron chi connectivity index (χ0n) is 15.2. The van der Waals surface area contributed by atoms with Gasteiger partial charge in [0.15, 0.2) is 0 Å². The number of likely N-dealkylation sites (tertiary alicyclic amines) is 1. The standard InChI is InChI=1S/C19H32N4O/c1-19(2,23-11-13-24-14-12-23)16-21-18-5-9-22(10-6-18)15-17-3-7-20-8-4-17/h3-4,7-8,18,21H,5-6,9-16H2,1-2H3. The Labute approximate surface area is 146 Å². The molecule has 2 aliphatic heterocycles. The zero-order chi connectivity index (χ0) is 16.8. The Morgan fingerprint density at radius 3 is 2.46 bits per heavy atom. The smallest absolute Gasteiger partial charge is 0.0594 e. The van der Waals surface area contributed by atoms with E-state index in [1.165, 1.54) is 31.5 Å². The van der Waals surface area contributed by atoms with Gasteiger partial charge >= 0.3 is 0 Å². The number of ether oxygens (including phenoxy) is 1. The van der Waals surface area contributed by atoms with E-state index in [1.54, 1.807) is 0 Å². The normalized spacial score (nSPS) is 21.9. The molecule has 0 aromatic carbocycles. The Bertz CT molecular complexity index is 479. The van der Waals surface area contributed by atoms with E-state index in [1.807, 2.05) is 12.4 Å². The molecule has 0 bridgehead atoms. The van der Waals surface area contributed by atoms with Gasteiger partial charge in [-0.25, -0.2) is 0 Å². The summed E-state index contributed by atoms with van der Waals surface area (Å²) in [5, 5.41) is 3.82. The Kier molecular flexibility index (Phi) is 6.22. The van der Waals surface area contributed by atoms with E-state index in [4.69, 9.17) is 4.74 Å². The van der Waals surface area contributed by atoms with Crippen LogP contribution in [0, 0.1) is 0 Å². The number of hydrogen-bond donors (Lipinski definition) is 1.